The molecule has 0 aliphatic carbocycles. The Morgan fingerprint density at radius 1 is 1.38 bits per heavy atom. The molecule has 3 heteroatoms. The second-order valence-corrected chi connectivity index (χ2v) is 3.58. The number of rotatable bonds is 3. The van der Waals surface area contributed by atoms with Crippen LogP contribution < -0.4 is 0 Å². The van der Waals surface area contributed by atoms with Crippen molar-refractivity contribution in [3.8, 4) is 0 Å². The molecule has 87 valence electrons. The third kappa shape index (κ3) is 2.46. The van der Waals surface area contributed by atoms with E-state index >= 15 is 0 Å². The molecule has 0 saturated carbocycles. The van der Waals surface area contributed by atoms with Crippen LogP contribution in [0.3, 0.4) is 0 Å². The maximum absolute atomic E-state index is 12.9. The summed E-state index contributed by atoms with van der Waals surface area (Å²) in [6.45, 7) is 6.87. The minimum Gasteiger partial charge on any atom is -0.166 e. The summed E-state index contributed by atoms with van der Waals surface area (Å²) in [6, 6.07) is 4.65. The normalized spacial score (nSPS) is 11.9. The monoisotopic (exact) mass is 227 g/mol. The van der Waals surface area contributed by atoms with Crippen LogP contribution in [0.5, 0.6) is 0 Å². The van der Waals surface area contributed by atoms with E-state index < -0.39 is 11.7 Å². The molecule has 0 heterocycles. The lowest BCUT2D eigenvalue weighted by Gasteiger charge is -2.18. The van der Waals surface area contributed by atoms with E-state index in [0.717, 1.165) is 0 Å². The van der Waals surface area contributed by atoms with Gasteiger partial charge in [0.15, 0.2) is 0 Å². The molecule has 1 rings (SSSR count). The predicted octanol–water partition coefficient (Wildman–Crippen LogP) is 4.40. The second kappa shape index (κ2) is 4.73. The first-order chi connectivity index (χ1) is 7.41. The van der Waals surface area contributed by atoms with Gasteiger partial charge in [-0.1, -0.05) is 38.1 Å². The Morgan fingerprint density at radius 2 is 2.00 bits per heavy atom. The van der Waals surface area contributed by atoms with Crippen molar-refractivity contribution in [2.24, 2.45) is 0 Å². The quantitative estimate of drug-likeness (QED) is 0.718. The zero-order chi connectivity index (χ0) is 12.3. The summed E-state index contributed by atoms with van der Waals surface area (Å²) in [5.74, 6) is 0.544. The lowest BCUT2D eigenvalue weighted by molar-refractivity contribution is -0.138. The van der Waals surface area contributed by atoms with Gasteiger partial charge in [-0.05, 0) is 17.5 Å². The Bertz CT molecular complexity index is 377. The van der Waals surface area contributed by atoms with Crippen LogP contribution in [0.4, 0.5) is 13.2 Å². The van der Waals surface area contributed by atoms with Crippen molar-refractivity contribution >= 4 is 0 Å². The molecule has 0 N–H and O–H groups in total. The lowest BCUT2D eigenvalue weighted by atomic mass is 9.91. The highest BCUT2D eigenvalue weighted by Gasteiger charge is 2.36. The van der Waals surface area contributed by atoms with E-state index in [2.05, 4.69) is 6.58 Å². The van der Waals surface area contributed by atoms with Crippen LogP contribution in [0.25, 0.3) is 0 Å². The van der Waals surface area contributed by atoms with E-state index in [0.29, 0.717) is 17.9 Å². The molecule has 0 fully saturated rings. The van der Waals surface area contributed by atoms with Crippen molar-refractivity contribution < 1.29 is 13.2 Å². The summed E-state index contributed by atoms with van der Waals surface area (Å²) in [7, 11) is 0. The van der Waals surface area contributed by atoms with E-state index in [1.54, 1.807) is 19.9 Å². The van der Waals surface area contributed by atoms with Gasteiger partial charge in [-0.2, -0.15) is 13.2 Å². The topological polar surface area (TPSA) is 0 Å². The highest BCUT2D eigenvalue weighted by molar-refractivity contribution is 5.47. The summed E-state index contributed by atoms with van der Waals surface area (Å²) in [4.78, 5) is 0. The standard InChI is InChI=1S/C13H14F3/c1-4-9(3)11-8-6-7-10(5-2)12(11)13(14,15)16/h4,6-8H,1,5H2,2-3H3. The predicted molar refractivity (Wildman–Crippen MR) is 59.0 cm³/mol. The Balaban J connectivity index is 3.43. The van der Waals surface area contributed by atoms with Gasteiger partial charge in [-0.15, -0.1) is 6.58 Å². The van der Waals surface area contributed by atoms with Crippen LogP contribution in [0.1, 0.15) is 30.5 Å². The molecule has 0 amide bonds. The number of benzene rings is 1. The van der Waals surface area contributed by atoms with Crippen molar-refractivity contribution in [3.05, 3.63) is 53.5 Å². The van der Waals surface area contributed by atoms with Gasteiger partial charge in [0.1, 0.15) is 0 Å². The SMILES string of the molecule is C=C[C](C)c1cccc(CC)c1C(F)(F)F. The van der Waals surface area contributed by atoms with Gasteiger partial charge in [0, 0.05) is 5.92 Å². The second-order valence-electron chi connectivity index (χ2n) is 3.58. The third-order valence-electron chi connectivity index (χ3n) is 2.55. The molecule has 16 heavy (non-hydrogen) atoms. The van der Waals surface area contributed by atoms with Crippen LogP contribution in [0, 0.1) is 5.92 Å². The van der Waals surface area contributed by atoms with Gasteiger partial charge in [0.05, 0.1) is 5.56 Å². The van der Waals surface area contributed by atoms with Crippen LogP contribution >= 0.6 is 0 Å². The average Bonchev–Trinajstić information content (AvgIpc) is 2.25. The van der Waals surface area contributed by atoms with E-state index in [-0.39, 0.29) is 5.56 Å². The van der Waals surface area contributed by atoms with Crippen LogP contribution in [0.2, 0.25) is 0 Å². The number of alkyl halides is 3. The average molecular weight is 227 g/mol. The van der Waals surface area contributed by atoms with Crippen molar-refractivity contribution in [1.82, 2.24) is 0 Å². The maximum Gasteiger partial charge on any atom is 0.416 e. The molecule has 1 aromatic carbocycles. The van der Waals surface area contributed by atoms with Crippen molar-refractivity contribution in [2.75, 3.05) is 0 Å². The first-order valence-corrected chi connectivity index (χ1v) is 5.07. The van der Waals surface area contributed by atoms with E-state index in [1.807, 2.05) is 0 Å². The minimum absolute atomic E-state index is 0.224. The molecule has 0 bridgehead atoms. The number of hydrogen-bond acceptors (Lipinski definition) is 0. The van der Waals surface area contributed by atoms with Crippen molar-refractivity contribution in [2.45, 2.75) is 26.4 Å². The summed E-state index contributed by atoms with van der Waals surface area (Å²) >= 11 is 0. The molecule has 0 atom stereocenters. The fraction of sp³-hybridized carbons (Fsp3) is 0.308. The van der Waals surface area contributed by atoms with Crippen molar-refractivity contribution in [3.63, 3.8) is 0 Å². The van der Waals surface area contributed by atoms with E-state index in [4.69, 9.17) is 0 Å². The van der Waals surface area contributed by atoms with Crippen LogP contribution in [-0.2, 0) is 12.6 Å². The van der Waals surface area contributed by atoms with Gasteiger partial charge in [0.25, 0.3) is 0 Å². The van der Waals surface area contributed by atoms with Gasteiger partial charge in [-0.3, -0.25) is 0 Å². The zero-order valence-electron chi connectivity index (χ0n) is 9.36. The Hall–Kier alpha value is -1.25. The lowest BCUT2D eigenvalue weighted by Crippen LogP contribution is -2.14. The smallest absolute Gasteiger partial charge is 0.166 e. The molecule has 0 saturated heterocycles. The first-order valence-electron chi connectivity index (χ1n) is 5.07. The van der Waals surface area contributed by atoms with E-state index in [1.165, 1.54) is 18.2 Å². The highest BCUT2D eigenvalue weighted by atomic mass is 19.4. The number of aryl methyl sites for hydroxylation is 1. The highest BCUT2D eigenvalue weighted by Crippen LogP contribution is 2.37. The molecule has 0 nitrogen and oxygen atoms in total. The summed E-state index contributed by atoms with van der Waals surface area (Å²) in [6.07, 6.45) is -2.50. The van der Waals surface area contributed by atoms with Crippen LogP contribution in [-0.4, -0.2) is 0 Å². The molecular formula is C13H14F3. The molecule has 0 aliphatic rings. The first kappa shape index (κ1) is 12.8. The molecule has 1 aromatic rings. The summed E-state index contributed by atoms with van der Waals surface area (Å²) in [5.41, 5.74) is 0.0166. The minimum atomic E-state index is -4.31. The molecular weight excluding hydrogens is 213 g/mol. The fourth-order valence-electron chi connectivity index (χ4n) is 1.67. The fourth-order valence-corrected chi connectivity index (χ4v) is 1.67. The maximum atomic E-state index is 12.9. The molecule has 1 radical (unpaired) electrons. The van der Waals surface area contributed by atoms with Gasteiger partial charge < -0.3 is 0 Å². The van der Waals surface area contributed by atoms with Gasteiger partial charge >= 0.3 is 6.18 Å². The van der Waals surface area contributed by atoms with Crippen molar-refractivity contribution in [1.29, 1.82) is 0 Å². The molecule has 0 aromatic heterocycles. The van der Waals surface area contributed by atoms with Gasteiger partial charge in [-0.25, -0.2) is 0 Å². The van der Waals surface area contributed by atoms with E-state index in [9.17, 15) is 13.2 Å². The summed E-state index contributed by atoms with van der Waals surface area (Å²) < 4.78 is 38.8. The number of allylic oxidation sites excluding steroid dienone is 1. The number of halogens is 3. The third-order valence-corrected chi connectivity index (χ3v) is 2.55. The number of hydrogen-bond donors (Lipinski definition) is 0. The molecule has 0 aliphatic heterocycles. The molecule has 0 spiro atoms. The Labute approximate surface area is 93.8 Å². The Morgan fingerprint density at radius 3 is 2.44 bits per heavy atom. The zero-order valence-corrected chi connectivity index (χ0v) is 9.36. The van der Waals surface area contributed by atoms with Gasteiger partial charge in [0.2, 0.25) is 0 Å². The summed E-state index contributed by atoms with van der Waals surface area (Å²) in [5, 5.41) is 0. The molecule has 0 unspecified atom stereocenters. The Kier molecular flexibility index (Phi) is 3.79. The largest absolute Gasteiger partial charge is 0.416 e. The van der Waals surface area contributed by atoms with Crippen LogP contribution in [0.15, 0.2) is 30.9 Å².